The molecule has 3 atom stereocenters. The maximum Gasteiger partial charge on any atom is 0.268 e. The van der Waals surface area contributed by atoms with Crippen LogP contribution in [0, 0.1) is 0 Å². The van der Waals surface area contributed by atoms with E-state index in [-0.39, 0.29) is 19.1 Å². The highest BCUT2D eigenvalue weighted by molar-refractivity contribution is 7.45. The first-order valence-corrected chi connectivity index (χ1v) is 37.0. The Kier molecular flexibility index (Phi) is 61.2. The van der Waals surface area contributed by atoms with Crippen LogP contribution in [0.5, 0.6) is 0 Å². The van der Waals surface area contributed by atoms with Crippen molar-refractivity contribution >= 4 is 13.7 Å². The second-order valence-corrected chi connectivity index (χ2v) is 27.4. The van der Waals surface area contributed by atoms with E-state index in [9.17, 15) is 19.4 Å². The zero-order valence-corrected chi connectivity index (χ0v) is 55.0. The molecule has 0 aliphatic rings. The number of hydrogen-bond acceptors (Lipinski definition) is 6. The Morgan fingerprint density at radius 3 is 0.949 bits per heavy atom. The highest BCUT2D eigenvalue weighted by Gasteiger charge is 2.23. The lowest BCUT2D eigenvalue weighted by Gasteiger charge is -2.29. The van der Waals surface area contributed by atoms with Crippen molar-refractivity contribution in [1.29, 1.82) is 0 Å². The van der Waals surface area contributed by atoms with Crippen molar-refractivity contribution < 1.29 is 32.9 Å². The summed E-state index contributed by atoms with van der Waals surface area (Å²) >= 11 is 0. The number of nitrogens with zero attached hydrogens (tertiary/aromatic N) is 1. The van der Waals surface area contributed by atoms with Crippen LogP contribution in [0.2, 0.25) is 0 Å². The van der Waals surface area contributed by atoms with Gasteiger partial charge in [0.2, 0.25) is 5.91 Å². The number of likely N-dealkylation sites (N-methyl/N-ethyl adjacent to an activating group) is 1. The Labute approximate surface area is 494 Å². The molecule has 9 heteroatoms. The average molecular weight is 1140 g/mol. The van der Waals surface area contributed by atoms with Gasteiger partial charge in [-0.1, -0.05) is 366 Å². The summed E-state index contributed by atoms with van der Waals surface area (Å²) in [5.74, 6) is -0.188. The third-order valence-electron chi connectivity index (χ3n) is 16.7. The monoisotopic (exact) mass is 1140 g/mol. The highest BCUT2D eigenvalue weighted by Crippen LogP contribution is 2.38. The normalized spacial score (nSPS) is 13.7. The third-order valence-corrected chi connectivity index (χ3v) is 17.7. The molecule has 0 rings (SSSR count). The van der Waals surface area contributed by atoms with Gasteiger partial charge in [0.05, 0.1) is 39.9 Å². The SMILES string of the molecule is CCCCCCCCCCCCCCCCC/C=C/C(O)C(COP(=O)([O-])OCC[N+](C)(C)C)NC(=O)CCCCCCCCCCCCCCCCCCCCCCCCCCCCCCCCCCCCCCCCCC. The van der Waals surface area contributed by atoms with Crippen LogP contribution in [0.4, 0.5) is 0 Å². The number of carbonyl (C=O) groups is 1. The van der Waals surface area contributed by atoms with Crippen LogP contribution in [0.15, 0.2) is 12.2 Å². The fraction of sp³-hybridized carbons (Fsp3) is 0.957. The van der Waals surface area contributed by atoms with Crippen LogP contribution in [-0.4, -0.2) is 68.5 Å². The molecule has 0 aliphatic carbocycles. The molecule has 0 radical (unpaired) electrons. The van der Waals surface area contributed by atoms with Gasteiger partial charge in [-0.25, -0.2) is 0 Å². The summed E-state index contributed by atoms with van der Waals surface area (Å²) in [6.07, 6.45) is 79.3. The van der Waals surface area contributed by atoms with Crippen LogP contribution in [0.3, 0.4) is 0 Å². The average Bonchev–Trinajstić information content (AvgIpc) is 3.42. The second kappa shape index (κ2) is 61.8. The predicted molar refractivity (Wildman–Crippen MR) is 344 cm³/mol. The number of amides is 1. The molecule has 0 spiro atoms. The van der Waals surface area contributed by atoms with Crippen molar-refractivity contribution in [1.82, 2.24) is 5.32 Å². The van der Waals surface area contributed by atoms with Gasteiger partial charge in [0, 0.05) is 6.42 Å². The van der Waals surface area contributed by atoms with Crippen molar-refractivity contribution in [2.24, 2.45) is 0 Å². The van der Waals surface area contributed by atoms with Gasteiger partial charge in [-0.3, -0.25) is 9.36 Å². The molecule has 79 heavy (non-hydrogen) atoms. The van der Waals surface area contributed by atoms with Crippen molar-refractivity contribution in [2.75, 3.05) is 40.9 Å². The molecule has 1 amide bonds. The number of phosphoric acid groups is 1. The Morgan fingerprint density at radius 2 is 0.684 bits per heavy atom. The summed E-state index contributed by atoms with van der Waals surface area (Å²) in [5.41, 5.74) is 0. The maximum absolute atomic E-state index is 13.0. The molecule has 472 valence electrons. The fourth-order valence-electron chi connectivity index (χ4n) is 11.2. The van der Waals surface area contributed by atoms with Gasteiger partial charge in [-0.2, -0.15) is 0 Å². The van der Waals surface area contributed by atoms with Crippen LogP contribution in [-0.2, 0) is 18.4 Å². The van der Waals surface area contributed by atoms with Crippen LogP contribution in [0.25, 0.3) is 0 Å². The summed E-state index contributed by atoms with van der Waals surface area (Å²) in [6.45, 7) is 4.71. The van der Waals surface area contributed by atoms with Gasteiger partial charge in [0.1, 0.15) is 13.2 Å². The summed E-state index contributed by atoms with van der Waals surface area (Å²) in [7, 11) is 1.28. The molecule has 0 bridgehead atoms. The fourth-order valence-corrected chi connectivity index (χ4v) is 11.9. The van der Waals surface area contributed by atoms with E-state index < -0.39 is 20.0 Å². The molecule has 8 nitrogen and oxygen atoms in total. The van der Waals surface area contributed by atoms with E-state index in [4.69, 9.17) is 9.05 Å². The summed E-state index contributed by atoms with van der Waals surface area (Å²) in [6, 6.07) is -0.883. The lowest BCUT2D eigenvalue weighted by atomic mass is 10.0. The molecule has 0 aromatic heterocycles. The Balaban J connectivity index is 3.85. The summed E-state index contributed by atoms with van der Waals surface area (Å²) in [4.78, 5) is 25.6. The zero-order chi connectivity index (χ0) is 57.7. The van der Waals surface area contributed by atoms with Gasteiger partial charge in [0.15, 0.2) is 0 Å². The van der Waals surface area contributed by atoms with Crippen LogP contribution < -0.4 is 10.2 Å². The topological polar surface area (TPSA) is 108 Å². The standard InChI is InChI=1S/C70H141N2O6P/c1-6-8-10-12-14-16-18-20-22-24-25-26-27-28-29-30-31-32-33-34-35-36-37-38-39-40-41-42-43-44-45-46-48-50-52-54-56-58-60-62-64-70(74)71-68(67-78-79(75,76)77-66-65-72(3,4)5)69(73)63-61-59-57-55-53-51-49-47-23-21-19-17-15-13-11-9-7-2/h61,63,68-69,73H,6-60,62,64-67H2,1-5H3,(H-,71,74,75,76)/b63-61+. The van der Waals surface area contributed by atoms with Gasteiger partial charge < -0.3 is 28.8 Å². The molecular weight excluding hydrogens is 996 g/mol. The molecule has 0 aliphatic heterocycles. The van der Waals surface area contributed by atoms with E-state index in [0.717, 1.165) is 38.5 Å². The molecule has 0 aromatic rings. The number of unbranched alkanes of at least 4 members (excludes halogenated alkanes) is 54. The van der Waals surface area contributed by atoms with E-state index in [1.807, 2.05) is 27.2 Å². The van der Waals surface area contributed by atoms with Crippen molar-refractivity contribution in [3.8, 4) is 0 Å². The molecule has 0 heterocycles. The molecule has 2 N–H and O–H groups in total. The minimum atomic E-state index is -4.60. The van der Waals surface area contributed by atoms with Gasteiger partial charge in [0.25, 0.3) is 7.82 Å². The first kappa shape index (κ1) is 78.2. The minimum Gasteiger partial charge on any atom is -0.756 e. The number of aliphatic hydroxyl groups is 1. The smallest absolute Gasteiger partial charge is 0.268 e. The molecule has 0 saturated heterocycles. The number of carbonyl (C=O) groups excluding carboxylic acids is 1. The first-order chi connectivity index (χ1) is 38.5. The van der Waals surface area contributed by atoms with E-state index in [1.54, 1.807) is 6.08 Å². The largest absolute Gasteiger partial charge is 0.756 e. The van der Waals surface area contributed by atoms with Gasteiger partial charge in [-0.15, -0.1) is 0 Å². The number of quaternary nitrogens is 1. The first-order valence-electron chi connectivity index (χ1n) is 35.6. The second-order valence-electron chi connectivity index (χ2n) is 26.0. The molecule has 0 aromatic carbocycles. The van der Waals surface area contributed by atoms with Crippen LogP contribution in [0.1, 0.15) is 380 Å². The maximum atomic E-state index is 13.0. The number of nitrogens with one attached hydrogen (secondary N) is 1. The van der Waals surface area contributed by atoms with Gasteiger partial charge >= 0.3 is 0 Å². The third kappa shape index (κ3) is 64.7. The quantitative estimate of drug-likeness (QED) is 0.0272. The minimum absolute atomic E-state index is 0.00279. The molecule has 0 fully saturated rings. The highest BCUT2D eigenvalue weighted by atomic mass is 31.2. The summed E-state index contributed by atoms with van der Waals surface area (Å²) < 4.78 is 23.4. The van der Waals surface area contributed by atoms with E-state index in [2.05, 4.69) is 19.2 Å². The van der Waals surface area contributed by atoms with Crippen molar-refractivity contribution in [3.05, 3.63) is 12.2 Å². The molecular formula is C70H141N2O6P. The Morgan fingerprint density at radius 1 is 0.430 bits per heavy atom. The van der Waals surface area contributed by atoms with E-state index >= 15 is 0 Å². The van der Waals surface area contributed by atoms with Crippen molar-refractivity contribution in [2.45, 2.75) is 392 Å². The van der Waals surface area contributed by atoms with E-state index in [1.165, 1.54) is 321 Å². The van der Waals surface area contributed by atoms with Gasteiger partial charge in [-0.05, 0) is 19.3 Å². The van der Waals surface area contributed by atoms with E-state index in [0.29, 0.717) is 17.4 Å². The lowest BCUT2D eigenvalue weighted by Crippen LogP contribution is -2.45. The number of rotatable bonds is 67. The number of allylic oxidation sites excluding steroid dienone is 1. The zero-order valence-electron chi connectivity index (χ0n) is 54.1. The Bertz CT molecular complexity index is 1290. The number of phosphoric ester groups is 1. The predicted octanol–water partition coefficient (Wildman–Crippen LogP) is 21.9. The Hall–Kier alpha value is -0.760. The number of aliphatic hydroxyl groups excluding tert-OH is 1. The van der Waals surface area contributed by atoms with Crippen LogP contribution >= 0.6 is 7.82 Å². The van der Waals surface area contributed by atoms with Crippen molar-refractivity contribution in [3.63, 3.8) is 0 Å². The molecule has 0 saturated carbocycles. The molecule has 3 unspecified atom stereocenters. The lowest BCUT2D eigenvalue weighted by molar-refractivity contribution is -0.870. The summed E-state index contributed by atoms with van der Waals surface area (Å²) in [5, 5.41) is 13.9. The number of hydrogen-bond donors (Lipinski definition) is 2.